The fourth-order valence-electron chi connectivity index (χ4n) is 4.04. The van der Waals surface area contributed by atoms with Gasteiger partial charge in [-0.15, -0.1) is 0 Å². The summed E-state index contributed by atoms with van der Waals surface area (Å²) in [6.07, 6.45) is 2.18. The highest BCUT2D eigenvalue weighted by molar-refractivity contribution is 5.97. The normalized spacial score (nSPS) is 12.9. The molecule has 2 aromatic heterocycles. The molecule has 2 N–H and O–H groups in total. The zero-order chi connectivity index (χ0) is 22.4. The van der Waals surface area contributed by atoms with E-state index < -0.39 is 11.6 Å². The van der Waals surface area contributed by atoms with Gasteiger partial charge in [-0.25, -0.2) is 18.6 Å². The molecule has 0 aliphatic carbocycles. The minimum Gasteiger partial charge on any atom is -0.348 e. The highest BCUT2D eigenvalue weighted by Gasteiger charge is 2.27. The number of amides is 1. The van der Waals surface area contributed by atoms with Crippen molar-refractivity contribution in [3.63, 3.8) is 0 Å². The number of carbonyl (C=O) groups excluding carboxylic acids is 1. The smallest absolute Gasteiger partial charge is 0.326 e. The van der Waals surface area contributed by atoms with E-state index in [2.05, 4.69) is 15.3 Å². The number of benzene rings is 2. The van der Waals surface area contributed by atoms with Crippen molar-refractivity contribution in [2.45, 2.75) is 13.0 Å². The number of aromatic nitrogens is 3. The van der Waals surface area contributed by atoms with Gasteiger partial charge in [-0.2, -0.15) is 0 Å². The third-order valence-corrected chi connectivity index (χ3v) is 5.69. The number of halogens is 2. The number of fused-ring (bicyclic) bond motifs is 2. The molecule has 3 heterocycles. The Morgan fingerprint density at radius 2 is 1.97 bits per heavy atom. The molecule has 0 atom stereocenters. The zero-order valence-corrected chi connectivity index (χ0v) is 17.2. The van der Waals surface area contributed by atoms with E-state index in [4.69, 9.17) is 0 Å². The second kappa shape index (κ2) is 7.60. The van der Waals surface area contributed by atoms with Gasteiger partial charge in [0.05, 0.1) is 11.0 Å². The van der Waals surface area contributed by atoms with Gasteiger partial charge in [-0.1, -0.05) is 6.07 Å². The zero-order valence-electron chi connectivity index (χ0n) is 17.2. The van der Waals surface area contributed by atoms with Gasteiger partial charge < -0.3 is 15.2 Å². The second-order valence-corrected chi connectivity index (χ2v) is 7.70. The third-order valence-electron chi connectivity index (χ3n) is 5.69. The molecule has 0 saturated carbocycles. The molecule has 1 amide bonds. The minimum atomic E-state index is -0.632. The lowest BCUT2D eigenvalue weighted by Gasteiger charge is -2.19. The summed E-state index contributed by atoms with van der Waals surface area (Å²) in [4.78, 5) is 33.0. The molecule has 7 nitrogen and oxygen atoms in total. The van der Waals surface area contributed by atoms with E-state index in [1.807, 2.05) is 6.07 Å². The molecule has 0 spiro atoms. The number of nitrogens with zero attached hydrogens (tertiary/aromatic N) is 3. The summed E-state index contributed by atoms with van der Waals surface area (Å²) in [7, 11) is 1.66. The maximum atomic E-state index is 14.2. The molecule has 4 aromatic rings. The molecule has 9 heteroatoms. The van der Waals surface area contributed by atoms with Gasteiger partial charge in [0, 0.05) is 31.9 Å². The summed E-state index contributed by atoms with van der Waals surface area (Å²) in [5.74, 6) is -1.03. The van der Waals surface area contributed by atoms with Crippen LogP contribution in [0.15, 0.2) is 53.5 Å². The summed E-state index contributed by atoms with van der Waals surface area (Å²) >= 11 is 0. The molecule has 2 aromatic carbocycles. The Kier molecular flexibility index (Phi) is 4.73. The van der Waals surface area contributed by atoms with Crippen LogP contribution in [0.3, 0.4) is 0 Å². The summed E-state index contributed by atoms with van der Waals surface area (Å²) < 4.78 is 29.9. The molecule has 1 aliphatic heterocycles. The molecule has 32 heavy (non-hydrogen) atoms. The number of anilines is 2. The molecular weight excluding hydrogens is 416 g/mol. The van der Waals surface area contributed by atoms with Gasteiger partial charge in [0.2, 0.25) is 0 Å². The van der Waals surface area contributed by atoms with Gasteiger partial charge in [0.1, 0.15) is 23.1 Å². The third kappa shape index (κ3) is 3.31. The topological polar surface area (TPSA) is 83.0 Å². The quantitative estimate of drug-likeness (QED) is 0.516. The molecular formula is C23H19F2N5O2. The number of H-pyrrole nitrogens is 1. The number of nitrogens with one attached hydrogen (secondary N) is 2. The van der Waals surface area contributed by atoms with Crippen LogP contribution in [0.4, 0.5) is 20.3 Å². The largest absolute Gasteiger partial charge is 0.348 e. The number of rotatable bonds is 4. The number of para-hydroxylation sites is 1. The Labute approximate surface area is 181 Å². The van der Waals surface area contributed by atoms with Crippen molar-refractivity contribution in [1.82, 2.24) is 19.9 Å². The van der Waals surface area contributed by atoms with Gasteiger partial charge in [-0.05, 0) is 53.9 Å². The second-order valence-electron chi connectivity index (χ2n) is 7.70. The number of pyridine rings is 1. The molecule has 5 rings (SSSR count). The number of aromatic amines is 1. The maximum Gasteiger partial charge on any atom is 0.326 e. The average molecular weight is 435 g/mol. The minimum absolute atomic E-state index is 0.103. The van der Waals surface area contributed by atoms with Crippen LogP contribution in [-0.4, -0.2) is 27.0 Å². The number of imidazole rings is 1. The molecule has 0 saturated heterocycles. The van der Waals surface area contributed by atoms with Crippen LogP contribution in [-0.2, 0) is 20.0 Å². The lowest BCUT2D eigenvalue weighted by atomic mass is 10.1. The Balaban J connectivity index is 1.32. The first kappa shape index (κ1) is 19.9. The van der Waals surface area contributed by atoms with Gasteiger partial charge in [-0.3, -0.25) is 9.36 Å². The van der Waals surface area contributed by atoms with Crippen LogP contribution in [0.2, 0.25) is 0 Å². The van der Waals surface area contributed by atoms with Crippen LogP contribution in [0.5, 0.6) is 0 Å². The fraction of sp³-hybridized carbons (Fsp3) is 0.174. The van der Waals surface area contributed by atoms with Crippen molar-refractivity contribution in [1.29, 1.82) is 0 Å². The Morgan fingerprint density at radius 3 is 2.75 bits per heavy atom. The van der Waals surface area contributed by atoms with Crippen molar-refractivity contribution in [3.05, 3.63) is 87.5 Å². The Hall–Kier alpha value is -4.01. The van der Waals surface area contributed by atoms with Crippen molar-refractivity contribution in [2.75, 3.05) is 11.4 Å². The predicted octanol–water partition coefficient (Wildman–Crippen LogP) is 3.16. The summed E-state index contributed by atoms with van der Waals surface area (Å²) in [5.41, 5.74) is 3.02. The Bertz CT molecular complexity index is 1410. The highest BCUT2D eigenvalue weighted by Crippen LogP contribution is 2.36. The first-order valence-electron chi connectivity index (χ1n) is 10.1. The van der Waals surface area contributed by atoms with E-state index in [9.17, 15) is 18.4 Å². The average Bonchev–Trinajstić information content (AvgIpc) is 3.32. The predicted molar refractivity (Wildman–Crippen MR) is 116 cm³/mol. The van der Waals surface area contributed by atoms with Gasteiger partial charge in [0.25, 0.3) is 5.91 Å². The molecule has 0 fully saturated rings. The number of hydrogen-bond donors (Lipinski definition) is 2. The van der Waals surface area contributed by atoms with E-state index >= 15 is 0 Å². The van der Waals surface area contributed by atoms with E-state index in [0.717, 1.165) is 11.1 Å². The van der Waals surface area contributed by atoms with Crippen LogP contribution in [0.1, 0.15) is 21.5 Å². The van der Waals surface area contributed by atoms with Crippen LogP contribution in [0, 0.1) is 11.6 Å². The summed E-state index contributed by atoms with van der Waals surface area (Å²) in [5, 5.41) is 2.84. The van der Waals surface area contributed by atoms with Gasteiger partial charge in [0.15, 0.2) is 0 Å². The molecule has 162 valence electrons. The molecule has 0 unspecified atom stereocenters. The highest BCUT2D eigenvalue weighted by atomic mass is 19.1. The van der Waals surface area contributed by atoms with E-state index in [1.165, 1.54) is 27.7 Å². The monoisotopic (exact) mass is 435 g/mol. The van der Waals surface area contributed by atoms with Crippen molar-refractivity contribution >= 4 is 28.4 Å². The molecule has 0 bridgehead atoms. The van der Waals surface area contributed by atoms with E-state index in [-0.39, 0.29) is 23.8 Å². The number of aryl methyl sites for hydroxylation is 1. The van der Waals surface area contributed by atoms with Crippen molar-refractivity contribution in [3.8, 4) is 0 Å². The lowest BCUT2D eigenvalue weighted by molar-refractivity contribution is 0.0951. The number of carbonyl (C=O) groups is 1. The fourth-order valence-corrected chi connectivity index (χ4v) is 4.04. The summed E-state index contributed by atoms with van der Waals surface area (Å²) in [6.45, 7) is 0.668. The van der Waals surface area contributed by atoms with E-state index in [0.29, 0.717) is 35.4 Å². The van der Waals surface area contributed by atoms with Crippen LogP contribution >= 0.6 is 0 Å². The van der Waals surface area contributed by atoms with Crippen molar-refractivity contribution < 1.29 is 13.6 Å². The first-order chi connectivity index (χ1) is 15.4. The Morgan fingerprint density at radius 1 is 1.19 bits per heavy atom. The van der Waals surface area contributed by atoms with Crippen LogP contribution in [0.25, 0.3) is 11.0 Å². The first-order valence-corrected chi connectivity index (χ1v) is 10.1. The standard InChI is InChI=1S/C23H19F2N5O2/c1-29-19-6-5-15(10-18(19)28-23(29)32)22(31)27-12-13-9-14-7-8-30(21(14)26-11-13)20-16(24)3-2-4-17(20)25/h2-6,9-11H,7-8,12H2,1H3,(H,27,31)(H,28,32). The van der Waals surface area contributed by atoms with Crippen LogP contribution < -0.4 is 15.9 Å². The van der Waals surface area contributed by atoms with E-state index in [1.54, 1.807) is 31.4 Å². The SMILES string of the molecule is Cn1c(=O)[nH]c2cc(C(=O)NCc3cnc4c(c3)CCN4c3c(F)cccc3F)ccc21. The maximum absolute atomic E-state index is 14.2. The summed E-state index contributed by atoms with van der Waals surface area (Å²) in [6, 6.07) is 10.7. The number of hydrogen-bond acceptors (Lipinski definition) is 4. The van der Waals surface area contributed by atoms with Crippen molar-refractivity contribution in [2.24, 2.45) is 7.05 Å². The molecule has 1 aliphatic rings. The van der Waals surface area contributed by atoms with Gasteiger partial charge >= 0.3 is 5.69 Å². The lowest BCUT2D eigenvalue weighted by Crippen LogP contribution is -2.23. The molecule has 0 radical (unpaired) electrons.